The second-order valence-electron chi connectivity index (χ2n) is 8.43. The molecule has 0 N–H and O–H groups in total. The van der Waals surface area contributed by atoms with Gasteiger partial charge >= 0.3 is 6.18 Å². The predicted octanol–water partition coefficient (Wildman–Crippen LogP) is 5.00. The van der Waals surface area contributed by atoms with Crippen molar-refractivity contribution in [2.24, 2.45) is 5.92 Å². The fourth-order valence-electron chi connectivity index (χ4n) is 4.65. The third-order valence-electron chi connectivity index (χ3n) is 6.22. The van der Waals surface area contributed by atoms with Gasteiger partial charge in [-0.3, -0.25) is 4.79 Å². The number of aromatic nitrogens is 3. The van der Waals surface area contributed by atoms with Crippen molar-refractivity contribution in [2.45, 2.75) is 44.5 Å². The minimum Gasteiger partial charge on any atom is -0.472 e. The van der Waals surface area contributed by atoms with Crippen LogP contribution < -0.4 is 4.74 Å². The smallest absolute Gasteiger partial charge is 0.417 e. The molecule has 6 rings (SSSR count). The average molecular weight is 475 g/mol. The highest BCUT2D eigenvalue weighted by molar-refractivity contribution is 7.13. The van der Waals surface area contributed by atoms with Crippen LogP contribution in [-0.2, 0) is 6.18 Å². The second kappa shape index (κ2) is 8.40. The first-order valence-electron chi connectivity index (χ1n) is 10.7. The number of fused-ring (bicyclic) bond motifs is 3. The summed E-state index contributed by atoms with van der Waals surface area (Å²) in [5.41, 5.74) is 1.04. The fraction of sp³-hybridized carbons (Fsp3) is 0.391. The molecule has 1 saturated carbocycles. The number of nitrogens with zero attached hydrogens (tertiary/aromatic N) is 4. The van der Waals surface area contributed by atoms with Gasteiger partial charge in [-0.1, -0.05) is 0 Å². The van der Waals surface area contributed by atoms with E-state index >= 15 is 0 Å². The van der Waals surface area contributed by atoms with E-state index in [9.17, 15) is 18.0 Å². The summed E-state index contributed by atoms with van der Waals surface area (Å²) in [7, 11) is 0. The third-order valence-corrected chi connectivity index (χ3v) is 7.00. The number of ether oxygens (including phenoxy) is 1. The Morgan fingerprint density at radius 1 is 1.18 bits per heavy atom. The largest absolute Gasteiger partial charge is 0.472 e. The SMILES string of the molecule is Cc1ccc(C(=O)N2CC3CCC2C(Oc2ccc(C(F)(F)F)cn2)C3)c(-c2nccs2)n1. The summed E-state index contributed by atoms with van der Waals surface area (Å²) < 4.78 is 44.5. The third kappa shape index (κ3) is 4.31. The Balaban J connectivity index is 1.39. The lowest BCUT2D eigenvalue weighted by Gasteiger charge is -2.49. The molecule has 0 radical (unpaired) electrons. The standard InChI is InChI=1S/C23H21F3N4O2S/c1-13-2-5-16(20(29-13)21-27-8-9-33-21)22(31)30-12-14-3-6-17(30)18(10-14)32-19-7-4-15(11-28-19)23(24,25)26/h2,4-5,7-9,11,14,17-18H,3,6,10,12H2,1H3. The topological polar surface area (TPSA) is 68.2 Å². The number of halogens is 3. The Labute approximate surface area is 192 Å². The molecular weight excluding hydrogens is 453 g/mol. The zero-order chi connectivity index (χ0) is 23.2. The summed E-state index contributed by atoms with van der Waals surface area (Å²) in [6.07, 6.45) is 0.179. The monoisotopic (exact) mass is 474 g/mol. The van der Waals surface area contributed by atoms with E-state index in [0.29, 0.717) is 22.8 Å². The number of pyridine rings is 2. The van der Waals surface area contributed by atoms with Gasteiger partial charge in [-0.15, -0.1) is 11.3 Å². The number of aryl methyl sites for hydroxylation is 1. The van der Waals surface area contributed by atoms with Gasteiger partial charge in [0.1, 0.15) is 16.8 Å². The molecule has 3 atom stereocenters. The van der Waals surface area contributed by atoms with Crippen molar-refractivity contribution in [1.82, 2.24) is 19.9 Å². The van der Waals surface area contributed by atoms with Gasteiger partial charge in [-0.25, -0.2) is 15.0 Å². The number of hydrogen-bond acceptors (Lipinski definition) is 6. The fourth-order valence-corrected chi connectivity index (χ4v) is 5.29. The summed E-state index contributed by atoms with van der Waals surface area (Å²) in [5.74, 6) is 0.268. The summed E-state index contributed by atoms with van der Waals surface area (Å²) in [6.45, 7) is 2.49. The first-order valence-corrected chi connectivity index (χ1v) is 11.6. The lowest BCUT2D eigenvalue weighted by atomic mass is 9.77. The number of thiazole rings is 1. The van der Waals surface area contributed by atoms with Crippen molar-refractivity contribution in [1.29, 1.82) is 0 Å². The molecule has 0 aromatic carbocycles. The first kappa shape index (κ1) is 21.8. The van der Waals surface area contributed by atoms with Crippen LogP contribution in [0.2, 0.25) is 0 Å². The van der Waals surface area contributed by atoms with Crippen molar-refractivity contribution in [2.75, 3.05) is 6.54 Å². The van der Waals surface area contributed by atoms with E-state index in [0.717, 1.165) is 37.2 Å². The second-order valence-corrected chi connectivity index (χ2v) is 9.32. The van der Waals surface area contributed by atoms with Crippen LogP contribution in [0.15, 0.2) is 42.0 Å². The van der Waals surface area contributed by atoms with Crippen molar-refractivity contribution in [3.63, 3.8) is 0 Å². The first-order chi connectivity index (χ1) is 15.8. The van der Waals surface area contributed by atoms with E-state index in [-0.39, 0.29) is 29.9 Å². The molecule has 3 unspecified atom stereocenters. The molecule has 3 aromatic rings. The van der Waals surface area contributed by atoms with Crippen LogP contribution in [0.1, 0.15) is 40.9 Å². The number of piperidine rings is 2. The van der Waals surface area contributed by atoms with Gasteiger partial charge in [0.05, 0.1) is 17.2 Å². The lowest BCUT2D eigenvalue weighted by molar-refractivity contribution is -0.137. The molecule has 3 aliphatic rings. The number of hydrogen-bond donors (Lipinski definition) is 0. The predicted molar refractivity (Wildman–Crippen MR) is 116 cm³/mol. The normalized spacial score (nSPS) is 22.4. The number of carbonyl (C=O) groups is 1. The Bertz CT molecular complexity index is 1150. The number of amides is 1. The molecule has 10 heteroatoms. The molecule has 6 nitrogen and oxygen atoms in total. The van der Waals surface area contributed by atoms with Crippen LogP contribution in [0, 0.1) is 12.8 Å². The van der Waals surface area contributed by atoms with E-state index < -0.39 is 11.7 Å². The molecule has 1 aliphatic carbocycles. The summed E-state index contributed by atoms with van der Waals surface area (Å²) >= 11 is 1.43. The van der Waals surface area contributed by atoms with E-state index in [4.69, 9.17) is 4.74 Å². The summed E-state index contributed by atoms with van der Waals surface area (Å²) in [4.78, 5) is 28.2. The van der Waals surface area contributed by atoms with Crippen molar-refractivity contribution in [3.05, 3.63) is 58.9 Å². The van der Waals surface area contributed by atoms with E-state index in [1.165, 1.54) is 17.4 Å². The minimum atomic E-state index is -4.45. The van der Waals surface area contributed by atoms with E-state index in [1.807, 2.05) is 23.3 Å². The summed E-state index contributed by atoms with van der Waals surface area (Å²) in [6, 6.07) is 5.62. The molecule has 33 heavy (non-hydrogen) atoms. The van der Waals surface area contributed by atoms with Gasteiger partial charge in [0.2, 0.25) is 5.88 Å². The van der Waals surface area contributed by atoms with Gasteiger partial charge in [0, 0.05) is 36.1 Å². The molecule has 1 amide bonds. The number of rotatable bonds is 4. The molecule has 172 valence electrons. The molecule has 3 aromatic heterocycles. The van der Waals surface area contributed by atoms with Gasteiger partial charge in [0.15, 0.2) is 0 Å². The highest BCUT2D eigenvalue weighted by atomic mass is 32.1. The van der Waals surface area contributed by atoms with Gasteiger partial charge in [0.25, 0.3) is 5.91 Å². The van der Waals surface area contributed by atoms with Crippen molar-refractivity contribution >= 4 is 17.2 Å². The van der Waals surface area contributed by atoms with E-state index in [1.54, 1.807) is 12.3 Å². The maximum absolute atomic E-state index is 13.6. The van der Waals surface area contributed by atoms with Gasteiger partial charge in [-0.05, 0) is 50.3 Å². The van der Waals surface area contributed by atoms with E-state index in [2.05, 4.69) is 15.0 Å². The Morgan fingerprint density at radius 3 is 2.70 bits per heavy atom. The Morgan fingerprint density at radius 2 is 2.03 bits per heavy atom. The molecule has 0 spiro atoms. The highest BCUT2D eigenvalue weighted by Gasteiger charge is 2.45. The number of alkyl halides is 3. The van der Waals surface area contributed by atoms with Gasteiger partial charge in [-0.2, -0.15) is 13.2 Å². The average Bonchev–Trinajstić information content (AvgIpc) is 3.33. The Kier molecular flexibility index (Phi) is 5.55. The van der Waals surface area contributed by atoms with Crippen molar-refractivity contribution < 1.29 is 22.7 Å². The van der Waals surface area contributed by atoms with Crippen LogP contribution in [-0.4, -0.2) is 44.4 Å². The number of carbonyl (C=O) groups excluding carboxylic acids is 1. The quantitative estimate of drug-likeness (QED) is 0.532. The Hall–Kier alpha value is -3.01. The molecule has 2 aliphatic heterocycles. The molecular formula is C23H21F3N4O2S. The van der Waals surface area contributed by atoms with Crippen LogP contribution >= 0.6 is 11.3 Å². The maximum atomic E-state index is 13.6. The molecule has 2 saturated heterocycles. The molecule has 5 heterocycles. The van der Waals surface area contributed by atoms with Crippen LogP contribution in [0.4, 0.5) is 13.2 Å². The zero-order valence-corrected chi connectivity index (χ0v) is 18.6. The lowest BCUT2D eigenvalue weighted by Crippen LogP contribution is -2.59. The molecule has 3 fully saturated rings. The van der Waals surface area contributed by atoms with Crippen LogP contribution in [0.3, 0.4) is 0 Å². The maximum Gasteiger partial charge on any atom is 0.417 e. The van der Waals surface area contributed by atoms with Crippen LogP contribution in [0.5, 0.6) is 5.88 Å². The van der Waals surface area contributed by atoms with Crippen LogP contribution in [0.25, 0.3) is 10.7 Å². The van der Waals surface area contributed by atoms with Crippen molar-refractivity contribution in [3.8, 4) is 16.6 Å². The molecule has 2 bridgehead atoms. The summed E-state index contributed by atoms with van der Waals surface area (Å²) in [5, 5.41) is 2.53. The minimum absolute atomic E-state index is 0.129. The zero-order valence-electron chi connectivity index (χ0n) is 17.7. The highest BCUT2D eigenvalue weighted by Crippen LogP contribution is 2.39. The van der Waals surface area contributed by atoms with Gasteiger partial charge < -0.3 is 9.64 Å².